The van der Waals surface area contributed by atoms with E-state index in [9.17, 15) is 9.59 Å². The predicted octanol–water partition coefficient (Wildman–Crippen LogP) is 5.67. The van der Waals surface area contributed by atoms with Gasteiger partial charge in [0.05, 0.1) is 37.3 Å². The minimum Gasteiger partial charge on any atom is -0.466 e. The fourth-order valence-corrected chi connectivity index (χ4v) is 4.26. The van der Waals surface area contributed by atoms with Gasteiger partial charge in [-0.05, 0) is 58.7 Å². The number of rotatable bonds is 7. The Morgan fingerprint density at radius 2 is 1.68 bits per heavy atom. The molecule has 1 amide bonds. The third kappa shape index (κ3) is 5.37. The number of hydrogen-bond acceptors (Lipinski definition) is 5. The molecule has 0 saturated heterocycles. The van der Waals surface area contributed by atoms with Gasteiger partial charge in [0.25, 0.3) is 5.91 Å². The summed E-state index contributed by atoms with van der Waals surface area (Å²) in [7, 11) is 3.25. The number of aryl methyl sites for hydroxylation is 1. The van der Waals surface area contributed by atoms with E-state index in [1.165, 1.54) is 13.2 Å². The van der Waals surface area contributed by atoms with E-state index in [0.29, 0.717) is 23.4 Å². The van der Waals surface area contributed by atoms with Crippen molar-refractivity contribution in [3.63, 3.8) is 0 Å². The van der Waals surface area contributed by atoms with Crippen molar-refractivity contribution in [2.24, 2.45) is 7.05 Å². The van der Waals surface area contributed by atoms with Gasteiger partial charge in [-0.3, -0.25) is 14.5 Å². The van der Waals surface area contributed by atoms with Crippen LogP contribution in [0, 0.1) is 0 Å². The number of esters is 1. The lowest BCUT2D eigenvalue weighted by Crippen LogP contribution is -2.30. The summed E-state index contributed by atoms with van der Waals surface area (Å²) in [5.41, 5.74) is 6.11. The first-order chi connectivity index (χ1) is 18.5. The number of fused-ring (bicyclic) bond motifs is 1. The molecule has 7 nitrogen and oxygen atoms in total. The maximum absolute atomic E-state index is 13.6. The Kier molecular flexibility index (Phi) is 7.08. The van der Waals surface area contributed by atoms with E-state index in [1.54, 1.807) is 35.5 Å². The molecule has 0 aliphatic heterocycles. The number of carbonyl (C=O) groups excluding carboxylic acids is 2. The topological polar surface area (TPSA) is 77.3 Å². The zero-order valence-corrected chi connectivity index (χ0v) is 21.1. The van der Waals surface area contributed by atoms with Crippen LogP contribution in [-0.2, 0) is 23.1 Å². The van der Waals surface area contributed by atoms with Crippen LogP contribution in [0.15, 0.2) is 104 Å². The van der Waals surface area contributed by atoms with Crippen molar-refractivity contribution in [1.29, 1.82) is 0 Å². The number of carbonyl (C=O) groups is 2. The molecule has 0 aliphatic carbocycles. The Labute approximate surface area is 220 Å². The van der Waals surface area contributed by atoms with Crippen LogP contribution in [0.4, 0.5) is 5.69 Å². The number of hydrogen-bond donors (Lipinski definition) is 0. The number of benzene rings is 3. The van der Waals surface area contributed by atoms with Crippen molar-refractivity contribution >= 4 is 34.5 Å². The lowest BCUT2D eigenvalue weighted by Gasteiger charge is -2.23. The highest BCUT2D eigenvalue weighted by atomic mass is 16.5. The molecule has 0 fully saturated rings. The monoisotopic (exact) mass is 502 g/mol. The van der Waals surface area contributed by atoms with Crippen LogP contribution >= 0.6 is 0 Å². The molecule has 188 valence electrons. The first-order valence-electron chi connectivity index (χ1n) is 12.1. The Hall–Kier alpha value is -5.04. The SMILES string of the molecule is COC(=O)C=Cc1cncc(N(Cc2ccc(-c3ccc4c(cnn4C)c3)cc2)C(=O)c2ccccc2)c1. The van der Waals surface area contributed by atoms with E-state index < -0.39 is 5.97 Å². The van der Waals surface area contributed by atoms with Gasteiger partial charge in [-0.15, -0.1) is 0 Å². The summed E-state index contributed by atoms with van der Waals surface area (Å²) in [6.45, 7) is 0.349. The van der Waals surface area contributed by atoms with Crippen LogP contribution < -0.4 is 4.90 Å². The Balaban J connectivity index is 1.44. The second-order valence-electron chi connectivity index (χ2n) is 8.83. The van der Waals surface area contributed by atoms with Gasteiger partial charge >= 0.3 is 5.97 Å². The molecule has 38 heavy (non-hydrogen) atoms. The Bertz CT molecular complexity index is 1620. The van der Waals surface area contributed by atoms with Crippen molar-refractivity contribution in [2.45, 2.75) is 6.54 Å². The van der Waals surface area contributed by atoms with Crippen LogP contribution in [0.2, 0.25) is 0 Å². The van der Waals surface area contributed by atoms with Crippen molar-refractivity contribution in [3.8, 4) is 11.1 Å². The molecule has 3 aromatic carbocycles. The van der Waals surface area contributed by atoms with Gasteiger partial charge in [0.2, 0.25) is 0 Å². The number of methoxy groups -OCH3 is 1. The number of nitrogens with zero attached hydrogens (tertiary/aromatic N) is 4. The van der Waals surface area contributed by atoms with E-state index in [1.807, 2.05) is 54.3 Å². The first kappa shape index (κ1) is 24.6. The molecule has 2 heterocycles. The van der Waals surface area contributed by atoms with Crippen LogP contribution in [-0.4, -0.2) is 33.8 Å². The summed E-state index contributed by atoms with van der Waals surface area (Å²) >= 11 is 0. The van der Waals surface area contributed by atoms with Gasteiger partial charge in [0, 0.05) is 30.3 Å². The van der Waals surface area contributed by atoms with E-state index in [2.05, 4.69) is 45.2 Å². The Morgan fingerprint density at radius 3 is 2.45 bits per heavy atom. The highest BCUT2D eigenvalue weighted by Crippen LogP contribution is 2.26. The number of pyridine rings is 1. The quantitative estimate of drug-likeness (QED) is 0.212. The van der Waals surface area contributed by atoms with E-state index in [4.69, 9.17) is 0 Å². The van der Waals surface area contributed by atoms with Gasteiger partial charge in [-0.2, -0.15) is 5.10 Å². The van der Waals surface area contributed by atoms with E-state index >= 15 is 0 Å². The average Bonchev–Trinajstić information content (AvgIpc) is 3.35. The molecule has 0 saturated carbocycles. The molecule has 2 aromatic heterocycles. The van der Waals surface area contributed by atoms with Crippen molar-refractivity contribution in [1.82, 2.24) is 14.8 Å². The molecule has 0 atom stereocenters. The summed E-state index contributed by atoms with van der Waals surface area (Å²) in [4.78, 5) is 31.1. The zero-order valence-electron chi connectivity index (χ0n) is 21.1. The minimum atomic E-state index is -0.463. The standard InChI is InChI=1S/C31H26N4O3/c1-34-29-14-13-26(17-27(29)19-33-34)24-11-8-22(9-12-24)21-35(31(37)25-6-4-3-5-7-25)28-16-23(18-32-20-28)10-15-30(36)38-2/h3-20H,21H2,1-2H3. The molecule has 0 aliphatic rings. The second kappa shape index (κ2) is 10.9. The van der Waals surface area contributed by atoms with Gasteiger partial charge in [0.1, 0.15) is 0 Å². The van der Waals surface area contributed by atoms with E-state index in [-0.39, 0.29) is 5.91 Å². The lowest BCUT2D eigenvalue weighted by atomic mass is 10.0. The van der Waals surface area contributed by atoms with Crippen LogP contribution in [0.5, 0.6) is 0 Å². The molecular weight excluding hydrogens is 476 g/mol. The first-order valence-corrected chi connectivity index (χ1v) is 12.1. The Morgan fingerprint density at radius 1 is 0.921 bits per heavy atom. The maximum Gasteiger partial charge on any atom is 0.330 e. The smallest absolute Gasteiger partial charge is 0.330 e. The number of anilines is 1. The highest BCUT2D eigenvalue weighted by Gasteiger charge is 2.19. The minimum absolute atomic E-state index is 0.146. The molecule has 5 aromatic rings. The summed E-state index contributed by atoms with van der Waals surface area (Å²) in [6, 6.07) is 25.4. The van der Waals surface area contributed by atoms with Crippen molar-refractivity contribution in [2.75, 3.05) is 12.0 Å². The third-order valence-corrected chi connectivity index (χ3v) is 6.31. The fraction of sp³-hybridized carbons (Fsp3) is 0.0968. The third-order valence-electron chi connectivity index (χ3n) is 6.31. The average molecular weight is 503 g/mol. The molecule has 5 rings (SSSR count). The number of aromatic nitrogens is 3. The van der Waals surface area contributed by atoms with Gasteiger partial charge in [-0.25, -0.2) is 4.79 Å². The van der Waals surface area contributed by atoms with Gasteiger partial charge in [-0.1, -0.05) is 48.5 Å². The van der Waals surface area contributed by atoms with Gasteiger partial charge in [0.15, 0.2) is 0 Å². The van der Waals surface area contributed by atoms with E-state index in [0.717, 1.165) is 27.6 Å². The molecule has 0 N–H and O–H groups in total. The second-order valence-corrected chi connectivity index (χ2v) is 8.83. The molecule has 0 radical (unpaired) electrons. The predicted molar refractivity (Wildman–Crippen MR) is 148 cm³/mol. The normalized spacial score (nSPS) is 11.1. The molecule has 0 unspecified atom stereocenters. The largest absolute Gasteiger partial charge is 0.466 e. The van der Waals surface area contributed by atoms with Crippen LogP contribution in [0.25, 0.3) is 28.1 Å². The lowest BCUT2D eigenvalue weighted by molar-refractivity contribution is -0.134. The summed E-state index contributed by atoms with van der Waals surface area (Å²) in [6.07, 6.45) is 8.08. The van der Waals surface area contributed by atoms with Crippen molar-refractivity contribution < 1.29 is 14.3 Å². The van der Waals surface area contributed by atoms with Crippen molar-refractivity contribution in [3.05, 3.63) is 120 Å². The summed E-state index contributed by atoms with van der Waals surface area (Å²) < 4.78 is 6.53. The van der Waals surface area contributed by atoms with Crippen LogP contribution in [0.3, 0.4) is 0 Å². The van der Waals surface area contributed by atoms with Crippen LogP contribution in [0.1, 0.15) is 21.5 Å². The molecule has 0 bridgehead atoms. The maximum atomic E-state index is 13.6. The fourth-order valence-electron chi connectivity index (χ4n) is 4.26. The zero-order chi connectivity index (χ0) is 26.5. The van der Waals surface area contributed by atoms with Gasteiger partial charge < -0.3 is 9.64 Å². The summed E-state index contributed by atoms with van der Waals surface area (Å²) in [5, 5.41) is 5.41. The molecule has 0 spiro atoms. The highest BCUT2D eigenvalue weighted by molar-refractivity contribution is 6.06. The number of amides is 1. The summed E-state index contributed by atoms with van der Waals surface area (Å²) in [5.74, 6) is -0.608. The number of ether oxygens (including phenoxy) is 1. The molecule has 7 heteroatoms. The molecular formula is C31H26N4O3.